The summed E-state index contributed by atoms with van der Waals surface area (Å²) in [6.45, 7) is 3.59. The van der Waals surface area contributed by atoms with Crippen LogP contribution in [0.4, 0.5) is 0 Å². The van der Waals surface area contributed by atoms with Gasteiger partial charge < -0.3 is 10.6 Å². The van der Waals surface area contributed by atoms with E-state index in [1.807, 2.05) is 30.6 Å². The third-order valence-corrected chi connectivity index (χ3v) is 4.26. The molecule has 0 radical (unpaired) electrons. The Bertz CT molecular complexity index is 643. The van der Waals surface area contributed by atoms with Gasteiger partial charge in [-0.1, -0.05) is 19.3 Å². The zero-order valence-electron chi connectivity index (χ0n) is 14.3. The van der Waals surface area contributed by atoms with Gasteiger partial charge in [0.05, 0.1) is 6.54 Å². The van der Waals surface area contributed by atoms with Crippen LogP contribution in [-0.2, 0) is 6.54 Å². The molecular formula is C18H26N6. The maximum absolute atomic E-state index is 4.74. The van der Waals surface area contributed by atoms with E-state index in [9.17, 15) is 0 Å². The lowest BCUT2D eigenvalue weighted by molar-refractivity contribution is 0.410. The minimum absolute atomic E-state index is 0.550. The molecule has 0 unspecified atom stereocenters. The van der Waals surface area contributed by atoms with E-state index in [2.05, 4.69) is 27.6 Å². The Kier molecular flexibility index (Phi) is 5.82. The second-order valence-electron chi connectivity index (χ2n) is 6.15. The number of pyridine rings is 1. The van der Waals surface area contributed by atoms with Crippen LogP contribution in [0.1, 0.15) is 44.6 Å². The van der Waals surface area contributed by atoms with Crippen molar-refractivity contribution < 1.29 is 0 Å². The van der Waals surface area contributed by atoms with E-state index in [1.165, 1.54) is 32.1 Å². The van der Waals surface area contributed by atoms with Gasteiger partial charge in [0.15, 0.2) is 11.8 Å². The highest BCUT2D eigenvalue weighted by atomic mass is 15.3. The van der Waals surface area contributed by atoms with Crippen LogP contribution >= 0.6 is 0 Å². The number of guanidine groups is 1. The smallest absolute Gasteiger partial charge is 0.191 e. The lowest BCUT2D eigenvalue weighted by Gasteiger charge is -2.24. The number of rotatable bonds is 5. The molecule has 0 saturated heterocycles. The second kappa shape index (κ2) is 8.47. The standard InChI is InChI=1S/C18H26N6/c1-2-19-18(23-16-7-4-3-5-8-16)21-14-15-9-11-20-17(13-15)24-12-6-10-22-24/h6,9-13,16H,2-5,7-8,14H2,1H3,(H2,19,21,23). The normalized spacial score (nSPS) is 16.1. The first-order valence-corrected chi connectivity index (χ1v) is 8.85. The highest BCUT2D eigenvalue weighted by Crippen LogP contribution is 2.17. The van der Waals surface area contributed by atoms with Gasteiger partial charge in [-0.15, -0.1) is 0 Å². The van der Waals surface area contributed by atoms with Gasteiger partial charge in [-0.05, 0) is 43.5 Å². The summed E-state index contributed by atoms with van der Waals surface area (Å²) in [4.78, 5) is 9.10. The van der Waals surface area contributed by atoms with E-state index in [1.54, 1.807) is 10.9 Å². The first-order valence-electron chi connectivity index (χ1n) is 8.85. The average Bonchev–Trinajstić information content (AvgIpc) is 3.16. The molecule has 1 saturated carbocycles. The molecule has 128 valence electrons. The SMILES string of the molecule is CCNC(=NCc1ccnc(-n2cccn2)c1)NC1CCCCC1. The second-order valence-corrected chi connectivity index (χ2v) is 6.15. The van der Waals surface area contributed by atoms with Crippen LogP contribution in [0.25, 0.3) is 5.82 Å². The van der Waals surface area contributed by atoms with E-state index in [0.717, 1.165) is 23.9 Å². The molecule has 6 nitrogen and oxygen atoms in total. The summed E-state index contributed by atoms with van der Waals surface area (Å²) in [7, 11) is 0. The van der Waals surface area contributed by atoms with Crippen molar-refractivity contribution in [3.05, 3.63) is 42.4 Å². The van der Waals surface area contributed by atoms with E-state index >= 15 is 0 Å². The predicted octanol–water partition coefficient (Wildman–Crippen LogP) is 2.66. The van der Waals surface area contributed by atoms with Crippen molar-refractivity contribution in [2.75, 3.05) is 6.54 Å². The lowest BCUT2D eigenvalue weighted by atomic mass is 9.96. The molecular weight excluding hydrogens is 300 g/mol. The van der Waals surface area contributed by atoms with Crippen molar-refractivity contribution in [1.29, 1.82) is 0 Å². The highest BCUT2D eigenvalue weighted by molar-refractivity contribution is 5.80. The van der Waals surface area contributed by atoms with Crippen molar-refractivity contribution in [3.63, 3.8) is 0 Å². The third kappa shape index (κ3) is 4.57. The molecule has 2 aromatic heterocycles. The molecule has 2 aromatic rings. The van der Waals surface area contributed by atoms with Gasteiger partial charge in [0.1, 0.15) is 0 Å². The molecule has 0 aliphatic heterocycles. The Morgan fingerprint density at radius 3 is 2.92 bits per heavy atom. The largest absolute Gasteiger partial charge is 0.357 e. The van der Waals surface area contributed by atoms with Crippen LogP contribution in [0.3, 0.4) is 0 Å². The van der Waals surface area contributed by atoms with Gasteiger partial charge in [-0.3, -0.25) is 0 Å². The summed E-state index contributed by atoms with van der Waals surface area (Å²) < 4.78 is 1.76. The van der Waals surface area contributed by atoms with Crippen molar-refractivity contribution in [1.82, 2.24) is 25.4 Å². The van der Waals surface area contributed by atoms with Crippen LogP contribution in [0.5, 0.6) is 0 Å². The Morgan fingerprint density at radius 2 is 2.17 bits per heavy atom. The minimum Gasteiger partial charge on any atom is -0.357 e. The van der Waals surface area contributed by atoms with Gasteiger partial charge in [-0.25, -0.2) is 14.7 Å². The molecule has 2 N–H and O–H groups in total. The zero-order valence-corrected chi connectivity index (χ0v) is 14.3. The number of aromatic nitrogens is 3. The molecule has 3 rings (SSSR count). The van der Waals surface area contributed by atoms with Crippen molar-refractivity contribution in [3.8, 4) is 5.82 Å². The monoisotopic (exact) mass is 326 g/mol. The Hall–Kier alpha value is -2.37. The summed E-state index contributed by atoms with van der Waals surface area (Å²) in [5.74, 6) is 1.72. The Morgan fingerprint density at radius 1 is 1.29 bits per heavy atom. The van der Waals surface area contributed by atoms with E-state index in [-0.39, 0.29) is 0 Å². The van der Waals surface area contributed by atoms with Gasteiger partial charge in [0.25, 0.3) is 0 Å². The fraction of sp³-hybridized carbons (Fsp3) is 0.500. The van der Waals surface area contributed by atoms with Crippen molar-refractivity contribution in [2.45, 2.75) is 51.6 Å². The van der Waals surface area contributed by atoms with Gasteiger partial charge in [0.2, 0.25) is 0 Å². The lowest BCUT2D eigenvalue weighted by Crippen LogP contribution is -2.44. The molecule has 0 spiro atoms. The predicted molar refractivity (Wildman–Crippen MR) is 96.2 cm³/mol. The van der Waals surface area contributed by atoms with Gasteiger partial charge in [-0.2, -0.15) is 5.10 Å². The van der Waals surface area contributed by atoms with Crippen LogP contribution < -0.4 is 10.6 Å². The topological polar surface area (TPSA) is 67.1 Å². The molecule has 0 aromatic carbocycles. The molecule has 24 heavy (non-hydrogen) atoms. The van der Waals surface area contributed by atoms with Gasteiger partial charge in [0, 0.05) is 31.2 Å². The third-order valence-electron chi connectivity index (χ3n) is 4.26. The molecule has 1 aliphatic rings. The Labute approximate surface area is 143 Å². The van der Waals surface area contributed by atoms with Crippen LogP contribution in [0, 0.1) is 0 Å². The first-order chi connectivity index (χ1) is 11.8. The van der Waals surface area contributed by atoms with E-state index in [0.29, 0.717) is 12.6 Å². The summed E-state index contributed by atoms with van der Waals surface area (Å²) in [5, 5.41) is 11.1. The number of nitrogens with one attached hydrogen (secondary N) is 2. The van der Waals surface area contributed by atoms with Crippen LogP contribution in [-0.4, -0.2) is 33.3 Å². The van der Waals surface area contributed by atoms with E-state index in [4.69, 9.17) is 4.99 Å². The maximum Gasteiger partial charge on any atom is 0.191 e. The molecule has 2 heterocycles. The first kappa shape index (κ1) is 16.5. The quantitative estimate of drug-likeness (QED) is 0.655. The summed E-state index contributed by atoms with van der Waals surface area (Å²) in [6, 6.07) is 6.47. The summed E-state index contributed by atoms with van der Waals surface area (Å²) in [5.41, 5.74) is 1.12. The number of nitrogens with zero attached hydrogens (tertiary/aromatic N) is 4. The average molecular weight is 326 g/mol. The highest BCUT2D eigenvalue weighted by Gasteiger charge is 2.14. The van der Waals surface area contributed by atoms with Crippen LogP contribution in [0.15, 0.2) is 41.8 Å². The fourth-order valence-corrected chi connectivity index (χ4v) is 3.02. The van der Waals surface area contributed by atoms with E-state index < -0.39 is 0 Å². The molecule has 0 atom stereocenters. The number of hydrogen-bond acceptors (Lipinski definition) is 3. The minimum atomic E-state index is 0.550. The zero-order chi connectivity index (χ0) is 16.6. The summed E-state index contributed by atoms with van der Waals surface area (Å²) >= 11 is 0. The van der Waals surface area contributed by atoms with Crippen molar-refractivity contribution >= 4 is 5.96 Å². The van der Waals surface area contributed by atoms with Gasteiger partial charge >= 0.3 is 0 Å². The molecule has 1 fully saturated rings. The molecule has 0 amide bonds. The summed E-state index contributed by atoms with van der Waals surface area (Å²) in [6.07, 6.45) is 11.9. The molecule has 1 aliphatic carbocycles. The maximum atomic E-state index is 4.74. The number of hydrogen-bond donors (Lipinski definition) is 2. The van der Waals surface area contributed by atoms with Crippen molar-refractivity contribution in [2.24, 2.45) is 4.99 Å². The fourth-order valence-electron chi connectivity index (χ4n) is 3.02. The van der Waals surface area contributed by atoms with Crippen LogP contribution in [0.2, 0.25) is 0 Å². The molecule has 0 bridgehead atoms. The Balaban J connectivity index is 1.66. The number of aliphatic imine (C=N–C) groups is 1. The molecule has 6 heteroatoms.